The number of aromatic nitrogens is 2. The zero-order chi connectivity index (χ0) is 23.9. The van der Waals surface area contributed by atoms with Crippen molar-refractivity contribution in [1.82, 2.24) is 9.55 Å². The number of ether oxygens (including phenoxy) is 2. The summed E-state index contributed by atoms with van der Waals surface area (Å²) in [5.41, 5.74) is -2.60. The SMILES string of the molecule is COC(=O)c1scc2[nH]c(=O)n(-c3cc(OC(C)c4c(F)cccc4F)ccc3F)c(=O)c12. The van der Waals surface area contributed by atoms with Gasteiger partial charge in [-0.15, -0.1) is 11.3 Å². The summed E-state index contributed by atoms with van der Waals surface area (Å²) in [6, 6.07) is 6.54. The van der Waals surface area contributed by atoms with E-state index in [1.165, 1.54) is 24.4 Å². The summed E-state index contributed by atoms with van der Waals surface area (Å²) in [5.74, 6) is -3.42. The fraction of sp³-hybridized carbons (Fsp3) is 0.136. The molecule has 0 aliphatic rings. The van der Waals surface area contributed by atoms with Gasteiger partial charge in [0.25, 0.3) is 5.56 Å². The Morgan fingerprint density at radius 2 is 1.79 bits per heavy atom. The lowest BCUT2D eigenvalue weighted by Gasteiger charge is -2.17. The van der Waals surface area contributed by atoms with E-state index in [0.717, 1.165) is 42.7 Å². The lowest BCUT2D eigenvalue weighted by atomic mass is 10.1. The van der Waals surface area contributed by atoms with Crippen LogP contribution in [0.3, 0.4) is 0 Å². The van der Waals surface area contributed by atoms with E-state index >= 15 is 0 Å². The van der Waals surface area contributed by atoms with Gasteiger partial charge in [0.1, 0.15) is 34.2 Å². The highest BCUT2D eigenvalue weighted by Gasteiger charge is 2.22. The van der Waals surface area contributed by atoms with E-state index in [0.29, 0.717) is 4.57 Å². The van der Waals surface area contributed by atoms with Crippen LogP contribution < -0.4 is 16.0 Å². The molecule has 170 valence electrons. The molecule has 33 heavy (non-hydrogen) atoms. The zero-order valence-corrected chi connectivity index (χ0v) is 18.0. The van der Waals surface area contributed by atoms with Crippen LogP contribution in [0.25, 0.3) is 16.6 Å². The Bertz CT molecular complexity index is 1490. The smallest absolute Gasteiger partial charge is 0.348 e. The minimum Gasteiger partial charge on any atom is -0.486 e. The molecule has 11 heteroatoms. The number of esters is 1. The average molecular weight is 476 g/mol. The number of benzene rings is 2. The van der Waals surface area contributed by atoms with Crippen LogP contribution in [-0.4, -0.2) is 22.6 Å². The molecule has 0 saturated carbocycles. The Morgan fingerprint density at radius 3 is 2.45 bits per heavy atom. The maximum absolute atomic E-state index is 14.7. The van der Waals surface area contributed by atoms with Crippen molar-refractivity contribution in [2.45, 2.75) is 13.0 Å². The van der Waals surface area contributed by atoms with Gasteiger partial charge in [-0.25, -0.2) is 27.3 Å². The highest BCUT2D eigenvalue weighted by atomic mass is 32.1. The van der Waals surface area contributed by atoms with Gasteiger partial charge in [-0.3, -0.25) is 4.79 Å². The Morgan fingerprint density at radius 1 is 1.09 bits per heavy atom. The molecule has 0 fully saturated rings. The summed E-state index contributed by atoms with van der Waals surface area (Å²) in [5, 5.41) is 1.26. The Labute approximate surface area is 187 Å². The molecule has 0 aliphatic carbocycles. The minimum absolute atomic E-state index is 0.0496. The van der Waals surface area contributed by atoms with Gasteiger partial charge in [-0.1, -0.05) is 6.07 Å². The number of hydrogen-bond acceptors (Lipinski definition) is 6. The van der Waals surface area contributed by atoms with E-state index in [1.807, 2.05) is 0 Å². The second-order valence-corrected chi connectivity index (χ2v) is 7.80. The standard InChI is InChI=1S/C22H15F3N2O5S/c1-10(17-13(24)4-3-5-14(17)25)32-11-6-7-12(23)16(8-11)27-20(28)18-15(26-22(27)30)9-33-19(18)21(29)31-2/h3-10H,1-2H3,(H,26,30). The second-order valence-electron chi connectivity index (χ2n) is 6.92. The van der Waals surface area contributed by atoms with Crippen molar-refractivity contribution in [3.8, 4) is 11.4 Å². The van der Waals surface area contributed by atoms with Crippen LogP contribution in [0.5, 0.6) is 5.75 Å². The highest BCUT2D eigenvalue weighted by Crippen LogP contribution is 2.28. The first-order valence-corrected chi connectivity index (χ1v) is 10.4. The number of thiophene rings is 1. The molecule has 2 aromatic carbocycles. The molecule has 4 aromatic rings. The fourth-order valence-corrected chi connectivity index (χ4v) is 4.31. The molecule has 0 amide bonds. The first kappa shape index (κ1) is 22.3. The van der Waals surface area contributed by atoms with Crippen LogP contribution in [0, 0.1) is 17.5 Å². The molecule has 2 aromatic heterocycles. The number of aromatic amines is 1. The molecule has 7 nitrogen and oxygen atoms in total. The molecule has 0 aliphatic heterocycles. The molecule has 2 heterocycles. The number of carbonyl (C=O) groups excluding carboxylic acids is 1. The number of rotatable bonds is 5. The summed E-state index contributed by atoms with van der Waals surface area (Å²) < 4.78 is 53.5. The lowest BCUT2D eigenvalue weighted by Crippen LogP contribution is -2.34. The first-order valence-electron chi connectivity index (χ1n) is 9.48. The third-order valence-corrected chi connectivity index (χ3v) is 5.86. The molecule has 1 N–H and O–H groups in total. The molecule has 0 saturated heterocycles. The monoisotopic (exact) mass is 476 g/mol. The zero-order valence-electron chi connectivity index (χ0n) is 17.1. The molecule has 0 spiro atoms. The van der Waals surface area contributed by atoms with Crippen LogP contribution in [0.4, 0.5) is 13.2 Å². The maximum atomic E-state index is 14.7. The van der Waals surface area contributed by atoms with Crippen LogP contribution in [0.15, 0.2) is 51.4 Å². The predicted octanol–water partition coefficient (Wildman–Crippen LogP) is 4.08. The quantitative estimate of drug-likeness (QED) is 0.439. The van der Waals surface area contributed by atoms with Crippen LogP contribution >= 0.6 is 11.3 Å². The minimum atomic E-state index is -1.11. The summed E-state index contributed by atoms with van der Waals surface area (Å²) in [7, 11) is 1.14. The van der Waals surface area contributed by atoms with Crippen molar-refractivity contribution in [3.63, 3.8) is 0 Å². The largest absolute Gasteiger partial charge is 0.486 e. The summed E-state index contributed by atoms with van der Waals surface area (Å²) >= 11 is 0.891. The lowest BCUT2D eigenvalue weighted by molar-refractivity contribution is 0.0608. The molecule has 1 atom stereocenters. The van der Waals surface area contributed by atoms with Gasteiger partial charge in [0.05, 0.1) is 29.3 Å². The Kier molecular flexibility index (Phi) is 5.81. The molecular weight excluding hydrogens is 461 g/mol. The molecule has 0 bridgehead atoms. The van der Waals surface area contributed by atoms with Crippen molar-refractivity contribution in [1.29, 1.82) is 0 Å². The van der Waals surface area contributed by atoms with E-state index < -0.39 is 46.5 Å². The predicted molar refractivity (Wildman–Crippen MR) is 115 cm³/mol. The number of nitrogens with zero attached hydrogens (tertiary/aromatic N) is 1. The third kappa shape index (κ3) is 3.91. The average Bonchev–Trinajstić information content (AvgIpc) is 3.19. The summed E-state index contributed by atoms with van der Waals surface area (Å²) in [6.45, 7) is 1.39. The van der Waals surface area contributed by atoms with E-state index in [1.54, 1.807) is 0 Å². The van der Waals surface area contributed by atoms with E-state index in [2.05, 4.69) is 9.72 Å². The summed E-state index contributed by atoms with van der Waals surface area (Å²) in [4.78, 5) is 40.0. The number of hydrogen-bond donors (Lipinski definition) is 1. The molecule has 0 radical (unpaired) electrons. The molecule has 1 unspecified atom stereocenters. The van der Waals surface area contributed by atoms with Gasteiger partial charge in [0.2, 0.25) is 0 Å². The van der Waals surface area contributed by atoms with E-state index in [9.17, 15) is 27.6 Å². The van der Waals surface area contributed by atoms with Crippen molar-refractivity contribution in [2.75, 3.05) is 7.11 Å². The number of H-pyrrole nitrogens is 1. The first-order chi connectivity index (χ1) is 15.7. The van der Waals surface area contributed by atoms with E-state index in [4.69, 9.17) is 4.74 Å². The van der Waals surface area contributed by atoms with Gasteiger partial charge in [0, 0.05) is 11.4 Å². The number of methoxy groups -OCH3 is 1. The van der Waals surface area contributed by atoms with Crippen molar-refractivity contribution in [2.24, 2.45) is 0 Å². The Balaban J connectivity index is 1.82. The van der Waals surface area contributed by atoms with Gasteiger partial charge in [-0.05, 0) is 31.2 Å². The highest BCUT2D eigenvalue weighted by molar-refractivity contribution is 7.13. The van der Waals surface area contributed by atoms with Gasteiger partial charge in [-0.2, -0.15) is 0 Å². The molecule has 4 rings (SSSR count). The normalized spacial score (nSPS) is 12.0. The van der Waals surface area contributed by atoms with Gasteiger partial charge < -0.3 is 14.5 Å². The van der Waals surface area contributed by atoms with Gasteiger partial charge >= 0.3 is 11.7 Å². The van der Waals surface area contributed by atoms with Gasteiger partial charge in [0.15, 0.2) is 0 Å². The summed E-state index contributed by atoms with van der Waals surface area (Å²) in [6.07, 6.45) is -1.11. The topological polar surface area (TPSA) is 90.4 Å². The number of nitrogens with one attached hydrogen (secondary N) is 1. The second kappa shape index (κ2) is 8.58. The van der Waals surface area contributed by atoms with Crippen LogP contribution in [0.1, 0.15) is 28.3 Å². The third-order valence-electron chi connectivity index (χ3n) is 4.90. The molecular formula is C22H15F3N2O5S. The van der Waals surface area contributed by atoms with Crippen molar-refractivity contribution in [3.05, 3.63) is 90.5 Å². The van der Waals surface area contributed by atoms with Crippen LogP contribution in [-0.2, 0) is 4.74 Å². The fourth-order valence-electron chi connectivity index (χ4n) is 3.40. The van der Waals surface area contributed by atoms with Crippen molar-refractivity contribution < 1.29 is 27.4 Å². The number of carbonyl (C=O) groups is 1. The Hall–Kier alpha value is -3.86. The number of fused-ring (bicyclic) bond motifs is 1. The van der Waals surface area contributed by atoms with Crippen LogP contribution in [0.2, 0.25) is 0 Å². The van der Waals surface area contributed by atoms with Crippen molar-refractivity contribution >= 4 is 28.2 Å². The van der Waals surface area contributed by atoms with E-state index in [-0.39, 0.29) is 27.1 Å². The number of halogens is 3. The maximum Gasteiger partial charge on any atom is 0.348 e.